The molecule has 0 spiro atoms. The minimum absolute atomic E-state index is 0.0449. The number of phenols is 1. The maximum atomic E-state index is 12.7. The first kappa shape index (κ1) is 19.6. The van der Waals surface area contributed by atoms with Gasteiger partial charge in [0.25, 0.3) is 0 Å². The van der Waals surface area contributed by atoms with Gasteiger partial charge < -0.3 is 20.2 Å². The molecule has 2 aromatic carbocycles. The van der Waals surface area contributed by atoms with Gasteiger partial charge in [-0.25, -0.2) is 4.79 Å². The number of phenolic OH excluding ortho intramolecular Hbond substituents is 1. The molecular weight excluding hydrogens is 364 g/mol. The third kappa shape index (κ3) is 5.01. The molecule has 2 fully saturated rings. The van der Waals surface area contributed by atoms with Crippen molar-refractivity contribution in [2.75, 3.05) is 44.2 Å². The number of carbonyl (C=O) groups excluding carboxylic acids is 1. The number of anilines is 1. The number of piperazine rings is 1. The number of piperidine rings is 1. The van der Waals surface area contributed by atoms with Crippen LogP contribution in [0.15, 0.2) is 54.6 Å². The molecule has 29 heavy (non-hydrogen) atoms. The highest BCUT2D eigenvalue weighted by molar-refractivity contribution is 5.75. The van der Waals surface area contributed by atoms with E-state index in [-0.39, 0.29) is 12.1 Å². The Hall–Kier alpha value is -2.73. The second-order valence-electron chi connectivity index (χ2n) is 7.95. The SMILES string of the molecule is O=C(NC1CCN(Cc2ccccc2)CC1)N1CCN(c2ccccc2O)CC1. The quantitative estimate of drug-likeness (QED) is 0.837. The van der Waals surface area contributed by atoms with Crippen LogP contribution in [0.2, 0.25) is 0 Å². The molecule has 4 rings (SSSR count). The Morgan fingerprint density at radius 2 is 1.55 bits per heavy atom. The molecule has 0 bridgehead atoms. The van der Waals surface area contributed by atoms with E-state index in [2.05, 4.69) is 39.4 Å². The van der Waals surface area contributed by atoms with Crippen LogP contribution in [0.3, 0.4) is 0 Å². The summed E-state index contributed by atoms with van der Waals surface area (Å²) in [4.78, 5) is 19.2. The summed E-state index contributed by atoms with van der Waals surface area (Å²) in [5.74, 6) is 0.299. The van der Waals surface area contributed by atoms with Gasteiger partial charge in [-0.05, 0) is 30.5 Å². The van der Waals surface area contributed by atoms with Crippen molar-refractivity contribution in [1.29, 1.82) is 0 Å². The number of urea groups is 1. The second-order valence-corrected chi connectivity index (χ2v) is 7.95. The van der Waals surface area contributed by atoms with Gasteiger partial charge in [-0.1, -0.05) is 42.5 Å². The molecule has 2 N–H and O–H groups in total. The molecule has 2 amide bonds. The van der Waals surface area contributed by atoms with Crippen molar-refractivity contribution in [2.24, 2.45) is 0 Å². The van der Waals surface area contributed by atoms with E-state index in [1.807, 2.05) is 29.2 Å². The number of aromatic hydroxyl groups is 1. The number of amides is 2. The lowest BCUT2D eigenvalue weighted by molar-refractivity contribution is 0.167. The smallest absolute Gasteiger partial charge is 0.317 e. The molecule has 0 saturated carbocycles. The van der Waals surface area contributed by atoms with Crippen LogP contribution in [0.4, 0.5) is 10.5 Å². The van der Waals surface area contributed by atoms with Crippen LogP contribution in [0.5, 0.6) is 5.75 Å². The van der Waals surface area contributed by atoms with Gasteiger partial charge >= 0.3 is 6.03 Å². The number of rotatable bonds is 4. The molecule has 0 atom stereocenters. The molecule has 6 nitrogen and oxygen atoms in total. The zero-order chi connectivity index (χ0) is 20.1. The fourth-order valence-electron chi connectivity index (χ4n) is 4.22. The molecule has 2 aliphatic heterocycles. The number of para-hydroxylation sites is 2. The Kier molecular flexibility index (Phi) is 6.20. The molecule has 0 unspecified atom stereocenters. The molecule has 2 heterocycles. The molecule has 2 aliphatic rings. The van der Waals surface area contributed by atoms with Gasteiger partial charge in [0.05, 0.1) is 5.69 Å². The Morgan fingerprint density at radius 1 is 0.897 bits per heavy atom. The van der Waals surface area contributed by atoms with E-state index in [4.69, 9.17) is 0 Å². The van der Waals surface area contributed by atoms with Crippen molar-refractivity contribution in [1.82, 2.24) is 15.1 Å². The number of hydrogen-bond donors (Lipinski definition) is 2. The van der Waals surface area contributed by atoms with Gasteiger partial charge in [-0.3, -0.25) is 4.90 Å². The van der Waals surface area contributed by atoms with Crippen LogP contribution in [0.1, 0.15) is 18.4 Å². The third-order valence-corrected chi connectivity index (χ3v) is 5.95. The summed E-state index contributed by atoms with van der Waals surface area (Å²) >= 11 is 0. The van der Waals surface area contributed by atoms with E-state index >= 15 is 0 Å². The summed E-state index contributed by atoms with van der Waals surface area (Å²) in [6, 6.07) is 18.2. The van der Waals surface area contributed by atoms with Crippen LogP contribution >= 0.6 is 0 Å². The monoisotopic (exact) mass is 394 g/mol. The topological polar surface area (TPSA) is 59.1 Å². The predicted octanol–water partition coefficient (Wildman–Crippen LogP) is 2.89. The minimum Gasteiger partial charge on any atom is -0.506 e. The van der Waals surface area contributed by atoms with Crippen molar-refractivity contribution in [3.05, 3.63) is 60.2 Å². The molecule has 0 radical (unpaired) electrons. The Labute approximate surface area is 172 Å². The van der Waals surface area contributed by atoms with Gasteiger partial charge in [0.2, 0.25) is 0 Å². The van der Waals surface area contributed by atoms with Crippen LogP contribution < -0.4 is 10.2 Å². The van der Waals surface area contributed by atoms with Crippen molar-refractivity contribution in [3.63, 3.8) is 0 Å². The van der Waals surface area contributed by atoms with Crippen molar-refractivity contribution < 1.29 is 9.90 Å². The maximum absolute atomic E-state index is 12.7. The van der Waals surface area contributed by atoms with Crippen molar-refractivity contribution in [3.8, 4) is 5.75 Å². The molecule has 0 aromatic heterocycles. The highest BCUT2D eigenvalue weighted by atomic mass is 16.3. The number of nitrogens with zero attached hydrogens (tertiary/aromatic N) is 3. The Balaban J connectivity index is 1.20. The fourth-order valence-corrected chi connectivity index (χ4v) is 4.22. The summed E-state index contributed by atoms with van der Waals surface area (Å²) in [6.45, 7) is 5.83. The Bertz CT molecular complexity index is 798. The molecular formula is C23H30N4O2. The number of likely N-dealkylation sites (tertiary alicyclic amines) is 1. The summed E-state index contributed by atoms with van der Waals surface area (Å²) in [6.07, 6.45) is 1.99. The lowest BCUT2D eigenvalue weighted by Gasteiger charge is -2.38. The van der Waals surface area contributed by atoms with Crippen LogP contribution in [-0.4, -0.2) is 66.2 Å². The molecule has 0 aliphatic carbocycles. The lowest BCUT2D eigenvalue weighted by Crippen LogP contribution is -2.54. The maximum Gasteiger partial charge on any atom is 0.317 e. The zero-order valence-corrected chi connectivity index (χ0v) is 16.8. The van der Waals surface area contributed by atoms with Gasteiger partial charge in [-0.2, -0.15) is 0 Å². The standard InChI is InChI=1S/C23H30N4O2/c28-22-9-5-4-8-21(22)26-14-16-27(17-15-26)23(29)24-20-10-12-25(13-11-20)18-19-6-2-1-3-7-19/h1-9,20,28H,10-18H2,(H,24,29). The van der Waals surface area contributed by atoms with E-state index in [9.17, 15) is 9.90 Å². The van der Waals surface area contributed by atoms with E-state index < -0.39 is 0 Å². The summed E-state index contributed by atoms with van der Waals surface area (Å²) in [7, 11) is 0. The summed E-state index contributed by atoms with van der Waals surface area (Å²) in [5, 5.41) is 13.3. The zero-order valence-electron chi connectivity index (χ0n) is 16.8. The van der Waals surface area contributed by atoms with Crippen LogP contribution in [0, 0.1) is 0 Å². The number of nitrogens with one attached hydrogen (secondary N) is 1. The van der Waals surface area contributed by atoms with Crippen molar-refractivity contribution in [2.45, 2.75) is 25.4 Å². The average Bonchev–Trinajstić information content (AvgIpc) is 2.76. The average molecular weight is 395 g/mol. The van der Waals surface area contributed by atoms with Crippen molar-refractivity contribution >= 4 is 11.7 Å². The molecule has 2 saturated heterocycles. The molecule has 6 heteroatoms. The lowest BCUT2D eigenvalue weighted by atomic mass is 10.0. The number of hydrogen-bond acceptors (Lipinski definition) is 4. The molecule has 154 valence electrons. The highest BCUT2D eigenvalue weighted by Gasteiger charge is 2.26. The van der Waals surface area contributed by atoms with E-state index in [0.717, 1.165) is 51.3 Å². The number of carbonyl (C=O) groups is 1. The predicted molar refractivity (Wildman–Crippen MR) is 115 cm³/mol. The van der Waals surface area contributed by atoms with Gasteiger partial charge in [0.15, 0.2) is 0 Å². The van der Waals surface area contributed by atoms with Gasteiger partial charge in [0, 0.05) is 51.9 Å². The van der Waals surface area contributed by atoms with Crippen LogP contribution in [-0.2, 0) is 6.54 Å². The summed E-state index contributed by atoms with van der Waals surface area (Å²) < 4.78 is 0. The summed E-state index contributed by atoms with van der Waals surface area (Å²) in [5.41, 5.74) is 2.19. The normalized spacial score (nSPS) is 18.6. The third-order valence-electron chi connectivity index (χ3n) is 5.95. The Morgan fingerprint density at radius 3 is 2.24 bits per heavy atom. The number of benzene rings is 2. The minimum atomic E-state index is 0.0449. The first-order valence-corrected chi connectivity index (χ1v) is 10.5. The molecule has 2 aromatic rings. The van der Waals surface area contributed by atoms with Crippen LogP contribution in [0.25, 0.3) is 0 Å². The fraction of sp³-hybridized carbons (Fsp3) is 0.435. The highest BCUT2D eigenvalue weighted by Crippen LogP contribution is 2.27. The van der Waals surface area contributed by atoms with E-state index in [0.29, 0.717) is 18.8 Å². The van der Waals surface area contributed by atoms with E-state index in [1.165, 1.54) is 5.56 Å². The van der Waals surface area contributed by atoms with Gasteiger partial charge in [0.1, 0.15) is 5.75 Å². The first-order chi connectivity index (χ1) is 14.2. The van der Waals surface area contributed by atoms with E-state index in [1.54, 1.807) is 6.07 Å². The first-order valence-electron chi connectivity index (χ1n) is 10.5. The second kappa shape index (κ2) is 9.18. The van der Waals surface area contributed by atoms with Gasteiger partial charge in [-0.15, -0.1) is 0 Å². The largest absolute Gasteiger partial charge is 0.506 e.